The molecule has 80 heavy (non-hydrogen) atoms. The van der Waals surface area contributed by atoms with Crippen molar-refractivity contribution in [2.75, 3.05) is 50.8 Å². The van der Waals surface area contributed by atoms with Gasteiger partial charge < -0.3 is 60.3 Å². The van der Waals surface area contributed by atoms with Crippen LogP contribution in [0.1, 0.15) is 111 Å². The average Bonchev–Trinajstić information content (AvgIpc) is 4.29. The van der Waals surface area contributed by atoms with Gasteiger partial charge in [0.25, 0.3) is 0 Å². The first-order chi connectivity index (χ1) is 37.7. The molecule has 5 rings (SSSR count). The van der Waals surface area contributed by atoms with E-state index in [-0.39, 0.29) is 85.9 Å². The number of rotatable bonds is 22. The van der Waals surface area contributed by atoms with Crippen LogP contribution in [0, 0.1) is 17.8 Å². The van der Waals surface area contributed by atoms with Gasteiger partial charge in [-0.15, -0.1) is 0 Å². The number of fused-ring (bicyclic) bond motifs is 5. The van der Waals surface area contributed by atoms with Gasteiger partial charge in [0.2, 0.25) is 23.6 Å². The van der Waals surface area contributed by atoms with Gasteiger partial charge in [0, 0.05) is 82.5 Å². The van der Waals surface area contributed by atoms with Crippen molar-refractivity contribution < 1.29 is 67.1 Å². The second kappa shape index (κ2) is 29.1. The Morgan fingerprint density at radius 3 is 2.41 bits per heavy atom. The Bertz CT molecular complexity index is 2630. The number of thioether (sulfide) groups is 1. The third kappa shape index (κ3) is 17.3. The fraction of sp³-hybridized carbons (Fsp3) is 0.586. The first-order valence-corrected chi connectivity index (χ1v) is 28.7. The lowest BCUT2D eigenvalue weighted by atomic mass is 9.78. The van der Waals surface area contributed by atoms with Crippen LogP contribution in [0.5, 0.6) is 5.75 Å². The molecule has 0 radical (unpaired) electrons. The second-order valence-corrected chi connectivity index (χ2v) is 23.1. The van der Waals surface area contributed by atoms with E-state index >= 15 is 0 Å². The Morgan fingerprint density at radius 1 is 1.07 bits per heavy atom. The minimum absolute atomic E-state index is 0.0166. The van der Waals surface area contributed by atoms with Crippen LogP contribution in [0.2, 0.25) is 5.02 Å². The molecule has 0 saturated carbocycles. The molecule has 10 atom stereocenters. The number of epoxide rings is 1. The van der Waals surface area contributed by atoms with Crippen LogP contribution >= 0.6 is 23.4 Å². The molecular weight excluding hydrogens is 1070 g/mol. The zero-order valence-corrected chi connectivity index (χ0v) is 49.5. The van der Waals surface area contributed by atoms with Crippen molar-refractivity contribution in [1.82, 2.24) is 15.5 Å². The fourth-order valence-corrected chi connectivity index (χ4v) is 11.3. The Hall–Kier alpha value is -6.00. The smallest absolute Gasteiger partial charge is 0.328 e. The molecule has 0 aromatic heterocycles. The third-order valence-electron chi connectivity index (χ3n) is 15.2. The number of allylic oxidation sites excluding steroid dienone is 3. The van der Waals surface area contributed by atoms with Crippen molar-refractivity contribution in [3.05, 3.63) is 76.3 Å². The van der Waals surface area contributed by atoms with E-state index in [1.807, 2.05) is 39.0 Å². The Morgan fingerprint density at radius 2 is 1.77 bits per heavy atom. The minimum atomic E-state index is -1.63. The highest BCUT2D eigenvalue weighted by molar-refractivity contribution is 7.98. The molecule has 3 aliphatic heterocycles. The number of esters is 2. The van der Waals surface area contributed by atoms with Crippen LogP contribution in [0.3, 0.4) is 0 Å². The number of hydrogen-bond acceptors (Lipinski definition) is 15. The molecule has 0 unspecified atom stereocenters. The highest BCUT2D eigenvalue weighted by atomic mass is 35.5. The number of amides is 6. The first-order valence-electron chi connectivity index (χ1n) is 27.1. The molecule has 2 aromatic carbocycles. The van der Waals surface area contributed by atoms with Gasteiger partial charge in [-0.3, -0.25) is 28.8 Å². The largest absolute Gasteiger partial charge is 0.495 e. The fourth-order valence-electron chi connectivity index (χ4n) is 10.1. The number of carbonyl (C=O) groups excluding carboxylic acids is 8. The molecule has 6 N–H and O–H groups in total. The molecule has 2 fully saturated rings. The maximum Gasteiger partial charge on any atom is 0.328 e. The number of Topliss-reactive ketones (excluding diaryl/α,β-unsaturated/α-hetero) is 1. The molecule has 0 spiro atoms. The molecule has 2 saturated heterocycles. The van der Waals surface area contributed by atoms with E-state index in [1.54, 1.807) is 64.2 Å². The highest BCUT2D eigenvalue weighted by Gasteiger charge is 2.64. The summed E-state index contributed by atoms with van der Waals surface area (Å²) in [5.41, 5.74) is 5.79. The molecule has 0 aliphatic carbocycles. The summed E-state index contributed by atoms with van der Waals surface area (Å²) in [6, 6.07) is 8.20. The number of urea groups is 1. The summed E-state index contributed by atoms with van der Waals surface area (Å²) in [6.45, 7) is 12.5. The number of halogens is 1. The third-order valence-corrected chi connectivity index (χ3v) is 16.6. The standard InChI is InChI=1S/C58H81ClN6O14S/c1-12-47(67)63-52(33(2)3)42(66)28-39(16-14-23-61-56(60)73)54(71)62-40-20-18-37(19-21-40)32-80-24-22-48(68)64(8)36(6)55(72)78-46-29-49(69)65(9)41-26-38(27-43(75-10)51(41)59)25-34(4)15-13-17-45(76-11)58(74)30-44(77-50(70)31-58)35(5)53-57(46,7)79-53/h13,15,17-21,26-27,33,35-36,39,44-46,52-53,74H,12,14,16,22-25,28-32H2,1-11H3,(H,62,71)(H,63,67)(H3,60,61,73)/b17-13+,34-15+/t35-,36+,39-,44+,45-,46+,52+,53+,57+,58-/m1/s1. The predicted molar refractivity (Wildman–Crippen MR) is 305 cm³/mol. The quantitative estimate of drug-likeness (QED) is 0.0472. The summed E-state index contributed by atoms with van der Waals surface area (Å²) in [4.78, 5) is 108. The van der Waals surface area contributed by atoms with Gasteiger partial charge in [-0.2, -0.15) is 11.8 Å². The van der Waals surface area contributed by atoms with Crippen molar-refractivity contribution in [3.8, 4) is 5.75 Å². The predicted octanol–water partition coefficient (Wildman–Crippen LogP) is 6.60. The molecule has 440 valence electrons. The molecule has 20 nitrogen and oxygen atoms in total. The van der Waals surface area contributed by atoms with Crippen molar-refractivity contribution >= 4 is 82.1 Å². The minimum Gasteiger partial charge on any atom is -0.495 e. The Balaban J connectivity index is 1.24. The van der Waals surface area contributed by atoms with E-state index in [0.29, 0.717) is 41.5 Å². The molecular formula is C58H81ClN6O14S. The number of ketones is 1. The van der Waals surface area contributed by atoms with Crippen molar-refractivity contribution in [3.63, 3.8) is 0 Å². The number of likely N-dealkylation sites (N-methyl/N-ethyl adjacent to an activating group) is 1. The van der Waals surface area contributed by atoms with Crippen molar-refractivity contribution in [2.45, 2.75) is 160 Å². The van der Waals surface area contributed by atoms with E-state index < -0.39 is 83.4 Å². The maximum atomic E-state index is 14.4. The van der Waals surface area contributed by atoms with Gasteiger partial charge in [0.1, 0.15) is 46.3 Å². The van der Waals surface area contributed by atoms with E-state index in [0.717, 1.165) is 16.7 Å². The van der Waals surface area contributed by atoms with Crippen molar-refractivity contribution in [2.24, 2.45) is 23.5 Å². The monoisotopic (exact) mass is 1150 g/mol. The number of carbonyl (C=O) groups is 8. The number of aliphatic hydroxyl groups is 1. The number of hydrogen-bond donors (Lipinski definition) is 5. The van der Waals surface area contributed by atoms with Crippen LogP contribution in [-0.2, 0) is 64.7 Å². The second-order valence-electron chi connectivity index (χ2n) is 21.7. The number of nitrogens with zero attached hydrogens (tertiary/aromatic N) is 2. The summed E-state index contributed by atoms with van der Waals surface area (Å²) in [7, 11) is 6.00. The molecule has 22 heteroatoms. The van der Waals surface area contributed by atoms with E-state index in [4.69, 9.17) is 41.0 Å². The van der Waals surface area contributed by atoms with Gasteiger partial charge in [0.15, 0.2) is 5.78 Å². The van der Waals surface area contributed by atoms with E-state index in [2.05, 4.69) is 16.0 Å². The summed E-state index contributed by atoms with van der Waals surface area (Å²) >= 11 is 8.33. The number of ether oxygens (including phenoxy) is 5. The Kier molecular flexibility index (Phi) is 23.6. The normalized spacial score (nSPS) is 25.3. The average molecular weight is 1150 g/mol. The molecule has 3 aliphatic rings. The van der Waals surface area contributed by atoms with Crippen LogP contribution in [0.4, 0.5) is 16.2 Å². The summed E-state index contributed by atoms with van der Waals surface area (Å²) in [5.74, 6) is -3.32. The number of methoxy groups -OCH3 is 2. The molecule has 3 heterocycles. The van der Waals surface area contributed by atoms with Crippen LogP contribution < -0.4 is 31.3 Å². The van der Waals surface area contributed by atoms with Crippen LogP contribution in [0.25, 0.3) is 0 Å². The summed E-state index contributed by atoms with van der Waals surface area (Å²) in [6.07, 6.45) is 2.37. The van der Waals surface area contributed by atoms with E-state index in [1.165, 1.54) is 49.8 Å². The van der Waals surface area contributed by atoms with Gasteiger partial charge in [0.05, 0.1) is 37.8 Å². The Labute approximate surface area is 478 Å². The first kappa shape index (κ1) is 64.8. The van der Waals surface area contributed by atoms with Crippen LogP contribution in [0.15, 0.2) is 60.2 Å². The lowest BCUT2D eigenvalue weighted by molar-refractivity contribution is -0.187. The topological polar surface area (TPSA) is 275 Å². The van der Waals surface area contributed by atoms with Gasteiger partial charge in [-0.25, -0.2) is 9.59 Å². The van der Waals surface area contributed by atoms with Gasteiger partial charge in [-0.05, 0) is 81.3 Å². The summed E-state index contributed by atoms with van der Waals surface area (Å²) < 4.78 is 29.7. The summed E-state index contributed by atoms with van der Waals surface area (Å²) in [5, 5.41) is 20.3. The molecule has 2 aromatic rings. The van der Waals surface area contributed by atoms with Gasteiger partial charge in [-0.1, -0.05) is 75.2 Å². The SMILES string of the molecule is CCC(=O)N[C@H](C(=O)C[C@@H](CCCNC(N)=O)C(=O)Nc1ccc(CSCCC(=O)N(C)[C@@H](C)C(=O)O[C@H]2CC(=O)N(C)c3cc(cc(OC)c3Cl)C/C(C)=C/C=C/[C@@H](OC)[C@]3(O)CC(=O)O[C@@H](C3)[C@@H](C)[C@@H]3O[C@@]23C)cc1)C(C)C. The highest BCUT2D eigenvalue weighted by Crippen LogP contribution is 2.50. The number of anilines is 2. The van der Waals surface area contributed by atoms with Gasteiger partial charge >= 0.3 is 18.0 Å². The number of benzene rings is 2. The number of primary amides is 1. The zero-order chi connectivity index (χ0) is 59.2. The number of nitrogens with one attached hydrogen (secondary N) is 3. The number of nitrogens with two attached hydrogens (primary N) is 1. The van der Waals surface area contributed by atoms with Crippen LogP contribution in [-0.4, -0.2) is 146 Å². The maximum absolute atomic E-state index is 14.4. The lowest BCUT2D eigenvalue weighted by Gasteiger charge is -2.41. The molecule has 4 bridgehead atoms. The zero-order valence-electron chi connectivity index (χ0n) is 47.9. The van der Waals surface area contributed by atoms with Crippen molar-refractivity contribution in [1.29, 1.82) is 0 Å². The molecule has 6 amide bonds. The lowest BCUT2D eigenvalue weighted by Crippen LogP contribution is -2.53. The van der Waals surface area contributed by atoms with E-state index in [9.17, 15) is 43.5 Å².